The Morgan fingerprint density at radius 2 is 2.00 bits per heavy atom. The predicted octanol–water partition coefficient (Wildman–Crippen LogP) is 4.70. The summed E-state index contributed by atoms with van der Waals surface area (Å²) in [4.78, 5) is 17.0. The Bertz CT molecular complexity index is 973. The molecule has 0 aliphatic carbocycles. The number of aromatic nitrogens is 2. The van der Waals surface area contributed by atoms with Gasteiger partial charge in [-0.1, -0.05) is 54.1 Å². The summed E-state index contributed by atoms with van der Waals surface area (Å²) in [6.07, 6.45) is 4.27. The zero-order valence-electron chi connectivity index (χ0n) is 15.1. The number of Topliss-reactive ketones (excluding diaryl/α,β-unsaturated/α-hetero) is 1. The number of ketones is 1. The Hall–Kier alpha value is -2.90. The molecule has 2 aromatic carbocycles. The third-order valence-corrected chi connectivity index (χ3v) is 4.96. The second-order valence-corrected chi connectivity index (χ2v) is 6.92. The second kappa shape index (κ2) is 8.66. The monoisotopic (exact) mass is 377 g/mol. The number of nitriles is 1. The molecule has 3 rings (SSSR count). The van der Waals surface area contributed by atoms with Crippen LogP contribution in [0.3, 0.4) is 0 Å². The lowest BCUT2D eigenvalue weighted by molar-refractivity contribution is -0.119. The van der Waals surface area contributed by atoms with Gasteiger partial charge in [0.1, 0.15) is 5.82 Å². The highest BCUT2D eigenvalue weighted by molar-refractivity contribution is 6.31. The van der Waals surface area contributed by atoms with Gasteiger partial charge in [-0.05, 0) is 36.1 Å². The molecule has 136 valence electrons. The molecule has 0 amide bonds. The minimum absolute atomic E-state index is 0.130. The molecule has 3 aromatic rings. The van der Waals surface area contributed by atoms with Crippen LogP contribution in [0.25, 0.3) is 0 Å². The fraction of sp³-hybridized carbons (Fsp3) is 0.227. The summed E-state index contributed by atoms with van der Waals surface area (Å²) >= 11 is 6.15. The molecule has 0 aliphatic rings. The minimum Gasteiger partial charge on any atom is -0.329 e. The van der Waals surface area contributed by atoms with Gasteiger partial charge in [0.15, 0.2) is 11.7 Å². The number of carbonyl (C=O) groups excluding carboxylic acids is 1. The molecule has 0 spiro atoms. The fourth-order valence-corrected chi connectivity index (χ4v) is 3.18. The van der Waals surface area contributed by atoms with Crippen LogP contribution < -0.4 is 0 Å². The van der Waals surface area contributed by atoms with Gasteiger partial charge in [0, 0.05) is 30.4 Å². The van der Waals surface area contributed by atoms with Crippen molar-refractivity contribution >= 4 is 17.4 Å². The molecule has 0 aliphatic heterocycles. The molecule has 1 heterocycles. The third-order valence-electron chi connectivity index (χ3n) is 4.55. The summed E-state index contributed by atoms with van der Waals surface area (Å²) in [6, 6.07) is 17.8. The number of nitrogens with zero attached hydrogens (tertiary/aromatic N) is 3. The highest BCUT2D eigenvalue weighted by atomic mass is 35.5. The van der Waals surface area contributed by atoms with E-state index < -0.39 is 5.92 Å². The van der Waals surface area contributed by atoms with Crippen LogP contribution in [-0.4, -0.2) is 15.3 Å². The summed E-state index contributed by atoms with van der Waals surface area (Å²) in [7, 11) is 0. The van der Waals surface area contributed by atoms with E-state index in [1.807, 2.05) is 60.0 Å². The molecule has 1 unspecified atom stereocenters. The summed E-state index contributed by atoms with van der Waals surface area (Å²) in [5.74, 6) is -0.507. The maximum atomic E-state index is 12.7. The smallest absolute Gasteiger partial charge is 0.162 e. The molecule has 0 N–H and O–H groups in total. The van der Waals surface area contributed by atoms with Gasteiger partial charge in [-0.25, -0.2) is 4.98 Å². The Kier molecular flexibility index (Phi) is 6.05. The van der Waals surface area contributed by atoms with E-state index >= 15 is 0 Å². The Labute approximate surface area is 164 Å². The first-order valence-corrected chi connectivity index (χ1v) is 9.18. The average Bonchev–Trinajstić information content (AvgIpc) is 3.12. The van der Waals surface area contributed by atoms with Crippen LogP contribution in [0.15, 0.2) is 60.9 Å². The number of carbonyl (C=O) groups is 1. The lowest BCUT2D eigenvalue weighted by Gasteiger charge is -2.12. The van der Waals surface area contributed by atoms with Gasteiger partial charge < -0.3 is 4.57 Å². The van der Waals surface area contributed by atoms with Gasteiger partial charge in [-0.3, -0.25) is 4.79 Å². The summed E-state index contributed by atoms with van der Waals surface area (Å²) in [5, 5.41) is 10.3. The molecule has 0 fully saturated rings. The van der Waals surface area contributed by atoms with E-state index in [-0.39, 0.29) is 12.2 Å². The van der Waals surface area contributed by atoms with Gasteiger partial charge in [-0.2, -0.15) is 5.26 Å². The van der Waals surface area contributed by atoms with Gasteiger partial charge in [-0.15, -0.1) is 0 Å². The van der Waals surface area contributed by atoms with E-state index in [0.717, 1.165) is 16.7 Å². The van der Waals surface area contributed by atoms with Gasteiger partial charge in [0.25, 0.3) is 0 Å². The molecule has 4 nitrogen and oxygen atoms in total. The molecule has 5 heteroatoms. The third kappa shape index (κ3) is 4.64. The van der Waals surface area contributed by atoms with Crippen LogP contribution in [-0.2, 0) is 17.8 Å². The van der Waals surface area contributed by atoms with Crippen molar-refractivity contribution in [2.45, 2.75) is 32.2 Å². The highest BCUT2D eigenvalue weighted by Crippen LogP contribution is 2.21. The van der Waals surface area contributed by atoms with E-state index in [1.165, 1.54) is 0 Å². The summed E-state index contributed by atoms with van der Waals surface area (Å²) < 4.78 is 1.86. The normalized spacial score (nSPS) is 11.7. The number of rotatable bonds is 7. The van der Waals surface area contributed by atoms with E-state index in [4.69, 9.17) is 11.6 Å². The van der Waals surface area contributed by atoms with E-state index in [2.05, 4.69) is 11.1 Å². The van der Waals surface area contributed by atoms with Crippen molar-refractivity contribution < 1.29 is 4.79 Å². The van der Waals surface area contributed by atoms with Crippen molar-refractivity contribution in [1.29, 1.82) is 5.26 Å². The Balaban J connectivity index is 1.71. The van der Waals surface area contributed by atoms with Crippen LogP contribution >= 0.6 is 11.6 Å². The highest BCUT2D eigenvalue weighted by Gasteiger charge is 2.24. The minimum atomic E-state index is -0.871. The van der Waals surface area contributed by atoms with Crippen LogP contribution in [0.5, 0.6) is 0 Å². The van der Waals surface area contributed by atoms with E-state index in [9.17, 15) is 10.1 Å². The lowest BCUT2D eigenvalue weighted by atomic mass is 9.98. The molecule has 27 heavy (non-hydrogen) atoms. The number of hydrogen-bond acceptors (Lipinski definition) is 3. The van der Waals surface area contributed by atoms with E-state index in [1.54, 1.807) is 12.4 Å². The average molecular weight is 378 g/mol. The van der Waals surface area contributed by atoms with Gasteiger partial charge in [0.2, 0.25) is 0 Å². The van der Waals surface area contributed by atoms with Crippen molar-refractivity contribution in [3.8, 4) is 6.07 Å². The molecular formula is C22H20ClN3O. The van der Waals surface area contributed by atoms with Crippen molar-refractivity contribution in [2.24, 2.45) is 0 Å². The standard InChI is InChI=1S/C22H20ClN3O/c1-16-7-8-17(13-20(16)23)9-10-21(27)19(14-24)22-25-11-12-26(22)15-18-5-3-2-4-6-18/h2-8,11-13,19H,9-10,15H2,1H3. The predicted molar refractivity (Wildman–Crippen MR) is 106 cm³/mol. The number of benzene rings is 2. The maximum absolute atomic E-state index is 12.7. The number of halogens is 1. The van der Waals surface area contributed by atoms with Crippen molar-refractivity contribution in [2.75, 3.05) is 0 Å². The molecule has 0 radical (unpaired) electrons. The number of imidazole rings is 1. The number of aryl methyl sites for hydroxylation is 2. The Morgan fingerprint density at radius 3 is 2.70 bits per heavy atom. The zero-order valence-corrected chi connectivity index (χ0v) is 15.9. The molecule has 0 bridgehead atoms. The van der Waals surface area contributed by atoms with Crippen LogP contribution in [0.1, 0.15) is 34.9 Å². The van der Waals surface area contributed by atoms with Crippen molar-refractivity contribution in [3.05, 3.63) is 88.5 Å². The lowest BCUT2D eigenvalue weighted by Crippen LogP contribution is -2.17. The summed E-state index contributed by atoms with van der Waals surface area (Å²) in [5.41, 5.74) is 3.09. The SMILES string of the molecule is Cc1ccc(CCC(=O)C(C#N)c2nccn2Cc2ccccc2)cc1Cl. The summed E-state index contributed by atoms with van der Waals surface area (Å²) in [6.45, 7) is 2.52. The molecule has 0 saturated heterocycles. The van der Waals surface area contributed by atoms with Gasteiger partial charge >= 0.3 is 0 Å². The van der Waals surface area contributed by atoms with Gasteiger partial charge in [0.05, 0.1) is 6.07 Å². The first-order valence-electron chi connectivity index (χ1n) is 8.81. The van der Waals surface area contributed by atoms with Crippen molar-refractivity contribution in [1.82, 2.24) is 9.55 Å². The Morgan fingerprint density at radius 1 is 1.22 bits per heavy atom. The van der Waals surface area contributed by atoms with E-state index in [0.29, 0.717) is 23.8 Å². The molecule has 0 saturated carbocycles. The van der Waals surface area contributed by atoms with Crippen LogP contribution in [0, 0.1) is 18.3 Å². The maximum Gasteiger partial charge on any atom is 0.162 e. The molecule has 1 atom stereocenters. The topological polar surface area (TPSA) is 58.7 Å². The first kappa shape index (κ1) is 18.9. The number of hydrogen-bond donors (Lipinski definition) is 0. The van der Waals surface area contributed by atoms with Crippen LogP contribution in [0.2, 0.25) is 5.02 Å². The molecule has 1 aromatic heterocycles. The molecular weight excluding hydrogens is 358 g/mol. The first-order chi connectivity index (χ1) is 13.1. The fourth-order valence-electron chi connectivity index (χ4n) is 2.97. The quantitative estimate of drug-likeness (QED) is 0.599. The van der Waals surface area contributed by atoms with Crippen LogP contribution in [0.4, 0.5) is 0 Å². The van der Waals surface area contributed by atoms with Crippen molar-refractivity contribution in [3.63, 3.8) is 0 Å². The zero-order chi connectivity index (χ0) is 19.2. The second-order valence-electron chi connectivity index (χ2n) is 6.51. The largest absolute Gasteiger partial charge is 0.329 e.